The lowest BCUT2D eigenvalue weighted by Crippen LogP contribution is -2.54. The van der Waals surface area contributed by atoms with Crippen LogP contribution >= 0.6 is 11.3 Å². The van der Waals surface area contributed by atoms with Crippen LogP contribution in [-0.4, -0.2) is 58.0 Å². The predicted octanol–water partition coefficient (Wildman–Crippen LogP) is 4.96. The number of ether oxygens (including phenoxy) is 2. The highest BCUT2D eigenvalue weighted by molar-refractivity contribution is 7.09. The van der Waals surface area contributed by atoms with Crippen molar-refractivity contribution in [3.8, 4) is 0 Å². The van der Waals surface area contributed by atoms with E-state index < -0.39 is 41.7 Å². The second-order valence-corrected chi connectivity index (χ2v) is 11.5. The topological polar surface area (TPSA) is 106 Å². The van der Waals surface area contributed by atoms with E-state index in [1.807, 2.05) is 38.3 Å². The zero-order valence-electron chi connectivity index (χ0n) is 22.4. The summed E-state index contributed by atoms with van der Waals surface area (Å²) in [7, 11) is 0. The Hall–Kier alpha value is -2.13. The Morgan fingerprint density at radius 2 is 2.03 bits per heavy atom. The minimum Gasteiger partial charge on any atom is -0.457 e. The first-order valence-corrected chi connectivity index (χ1v) is 14.0. The lowest BCUT2D eigenvalue weighted by atomic mass is 9.58. The van der Waals surface area contributed by atoms with Crippen LogP contribution in [0, 0.1) is 18.3 Å². The molecule has 0 radical (unpaired) electrons. The van der Waals surface area contributed by atoms with Crippen LogP contribution in [0.1, 0.15) is 76.4 Å². The summed E-state index contributed by atoms with van der Waals surface area (Å²) in [6.07, 6.45) is 5.10. The highest BCUT2D eigenvalue weighted by Gasteiger charge is 2.53. The minimum atomic E-state index is -1.19. The fourth-order valence-electron chi connectivity index (χ4n) is 5.15. The SMILES string of the molecule is C=CC[C@H]1C(=O)C2(CCC2)[C@@H](O)CC(=O)O[C@H](/C(C)=C/c2csc(C)n2)C/C=C(/C)CCO[C@H](C)[C@H]1O. The Morgan fingerprint density at radius 1 is 1.30 bits per heavy atom. The minimum absolute atomic E-state index is 0.225. The smallest absolute Gasteiger partial charge is 0.309 e. The molecule has 0 unspecified atom stereocenters. The van der Waals surface area contributed by atoms with Crippen LogP contribution in [0.4, 0.5) is 0 Å². The molecule has 1 saturated carbocycles. The quantitative estimate of drug-likeness (QED) is 0.418. The number of carbonyl (C=O) groups excluding carboxylic acids is 2. The largest absolute Gasteiger partial charge is 0.457 e. The Balaban J connectivity index is 1.90. The number of carbonyl (C=O) groups is 2. The lowest BCUT2D eigenvalue weighted by Gasteiger charge is -2.46. The molecular formula is C29H41NO6S. The van der Waals surface area contributed by atoms with Crippen LogP contribution in [0.25, 0.3) is 6.08 Å². The molecule has 2 N–H and O–H groups in total. The van der Waals surface area contributed by atoms with Gasteiger partial charge in [0.05, 0.1) is 53.4 Å². The van der Waals surface area contributed by atoms with Crippen LogP contribution in [0.3, 0.4) is 0 Å². The van der Waals surface area contributed by atoms with E-state index in [4.69, 9.17) is 9.47 Å². The van der Waals surface area contributed by atoms with Gasteiger partial charge in [-0.15, -0.1) is 17.9 Å². The third-order valence-electron chi connectivity index (χ3n) is 7.74. The van der Waals surface area contributed by atoms with Crippen molar-refractivity contribution in [1.29, 1.82) is 0 Å². The summed E-state index contributed by atoms with van der Waals surface area (Å²) in [5.74, 6) is -1.53. The highest BCUT2D eigenvalue weighted by atomic mass is 32.1. The van der Waals surface area contributed by atoms with Gasteiger partial charge in [0.15, 0.2) is 0 Å². The molecule has 0 amide bonds. The number of thiazole rings is 1. The highest BCUT2D eigenvalue weighted by Crippen LogP contribution is 2.48. The molecule has 1 aromatic rings. The monoisotopic (exact) mass is 531 g/mol. The van der Waals surface area contributed by atoms with Crippen LogP contribution in [0.5, 0.6) is 0 Å². The first kappa shape index (κ1) is 29.4. The van der Waals surface area contributed by atoms with Gasteiger partial charge in [0.1, 0.15) is 11.9 Å². The summed E-state index contributed by atoms with van der Waals surface area (Å²) in [4.78, 5) is 31.3. The average molecular weight is 532 g/mol. The number of allylic oxidation sites excluding steroid dienone is 1. The number of aliphatic hydroxyl groups excluding tert-OH is 2. The number of nitrogens with zero attached hydrogens (tertiary/aromatic N) is 1. The molecule has 1 spiro atoms. The summed E-state index contributed by atoms with van der Waals surface area (Å²) in [5.41, 5.74) is 1.67. The molecule has 2 aliphatic rings. The molecule has 8 heteroatoms. The van der Waals surface area contributed by atoms with Crippen molar-refractivity contribution in [3.63, 3.8) is 0 Å². The molecule has 2 heterocycles. The maximum absolute atomic E-state index is 13.7. The number of cyclic esters (lactones) is 1. The molecule has 7 nitrogen and oxygen atoms in total. The fourth-order valence-corrected chi connectivity index (χ4v) is 5.72. The van der Waals surface area contributed by atoms with Crippen molar-refractivity contribution in [2.24, 2.45) is 11.3 Å². The number of rotatable bonds is 4. The average Bonchev–Trinajstić information content (AvgIpc) is 3.22. The number of aromatic nitrogens is 1. The van der Waals surface area contributed by atoms with Gasteiger partial charge in [-0.3, -0.25) is 9.59 Å². The Bertz CT molecular complexity index is 1020. The molecule has 1 aliphatic carbocycles. The van der Waals surface area contributed by atoms with Gasteiger partial charge in [-0.2, -0.15) is 0 Å². The van der Waals surface area contributed by atoms with Crippen LogP contribution in [0.2, 0.25) is 0 Å². The summed E-state index contributed by atoms with van der Waals surface area (Å²) in [5, 5.41) is 25.1. The van der Waals surface area contributed by atoms with Crippen molar-refractivity contribution >= 4 is 29.2 Å². The number of esters is 1. The molecule has 5 atom stereocenters. The van der Waals surface area contributed by atoms with E-state index in [9.17, 15) is 19.8 Å². The predicted molar refractivity (Wildman–Crippen MR) is 145 cm³/mol. The van der Waals surface area contributed by atoms with E-state index >= 15 is 0 Å². The van der Waals surface area contributed by atoms with E-state index in [1.165, 1.54) is 0 Å². The molecule has 204 valence electrons. The molecule has 0 aromatic carbocycles. The summed E-state index contributed by atoms with van der Waals surface area (Å²) in [6.45, 7) is 11.8. The maximum atomic E-state index is 13.7. The van der Waals surface area contributed by atoms with Crippen molar-refractivity contribution in [2.45, 2.75) is 97.1 Å². The van der Waals surface area contributed by atoms with Crippen LogP contribution in [-0.2, 0) is 19.1 Å². The molecule has 1 aromatic heterocycles. The van der Waals surface area contributed by atoms with Gasteiger partial charge in [-0.05, 0) is 65.0 Å². The number of aliphatic hydroxyl groups is 2. The molecular weight excluding hydrogens is 490 g/mol. The number of ketones is 1. The first-order valence-electron chi connectivity index (χ1n) is 13.2. The van der Waals surface area contributed by atoms with Crippen molar-refractivity contribution in [3.05, 3.63) is 46.0 Å². The zero-order chi connectivity index (χ0) is 27.2. The number of Topliss-reactive ketones (excluding diaryl/α,β-unsaturated/α-hetero) is 1. The van der Waals surface area contributed by atoms with Gasteiger partial charge >= 0.3 is 5.97 Å². The third kappa shape index (κ3) is 7.25. The maximum Gasteiger partial charge on any atom is 0.309 e. The van der Waals surface area contributed by atoms with Crippen LogP contribution in [0.15, 0.2) is 35.3 Å². The zero-order valence-corrected chi connectivity index (χ0v) is 23.3. The van der Waals surface area contributed by atoms with E-state index in [0.29, 0.717) is 32.3 Å². The summed E-state index contributed by atoms with van der Waals surface area (Å²) >= 11 is 1.56. The molecule has 1 aliphatic heterocycles. The molecule has 0 bridgehead atoms. The normalized spacial score (nSPS) is 31.8. The van der Waals surface area contributed by atoms with Gasteiger partial charge in [0.25, 0.3) is 0 Å². The number of aryl methyl sites for hydroxylation is 1. The van der Waals surface area contributed by atoms with Gasteiger partial charge in [0.2, 0.25) is 0 Å². The Labute approximate surface area is 224 Å². The van der Waals surface area contributed by atoms with E-state index in [0.717, 1.165) is 28.3 Å². The Morgan fingerprint density at radius 3 is 2.62 bits per heavy atom. The number of hydrogen-bond donors (Lipinski definition) is 2. The van der Waals surface area contributed by atoms with Gasteiger partial charge in [0, 0.05) is 11.8 Å². The second-order valence-electron chi connectivity index (χ2n) is 10.5. The number of hydrogen-bond acceptors (Lipinski definition) is 8. The van der Waals surface area contributed by atoms with Gasteiger partial charge < -0.3 is 19.7 Å². The van der Waals surface area contributed by atoms with E-state index in [-0.39, 0.29) is 18.6 Å². The van der Waals surface area contributed by atoms with Crippen LogP contribution < -0.4 is 0 Å². The molecule has 1 fully saturated rings. The standard InChI is InChI=1S/C29H41NO6S/c1-6-8-23-27(33)20(4)35-14-11-18(2)9-10-24(19(3)15-22-17-37-21(5)30-22)36-26(32)16-25(31)29(28(23)34)12-7-13-29/h6,9,15,17,20,23-25,27,31,33H,1,7-8,10-14,16H2,2-5H3/b18-9-,19-15+/t20-,23-,24+,25+,27-/m1/s1. The van der Waals surface area contributed by atoms with E-state index in [1.54, 1.807) is 24.3 Å². The summed E-state index contributed by atoms with van der Waals surface area (Å²) in [6, 6.07) is 0. The van der Waals surface area contributed by atoms with Crippen molar-refractivity contribution in [2.75, 3.05) is 6.61 Å². The molecule has 0 saturated heterocycles. The van der Waals surface area contributed by atoms with Gasteiger partial charge in [-0.25, -0.2) is 4.98 Å². The first-order chi connectivity index (χ1) is 17.6. The molecule has 3 rings (SSSR count). The molecule has 37 heavy (non-hydrogen) atoms. The third-order valence-corrected chi connectivity index (χ3v) is 8.53. The second kappa shape index (κ2) is 13.1. The van der Waals surface area contributed by atoms with Crippen molar-refractivity contribution < 1.29 is 29.3 Å². The van der Waals surface area contributed by atoms with Crippen molar-refractivity contribution in [1.82, 2.24) is 4.98 Å². The fraction of sp³-hybridized carbons (Fsp3) is 0.621. The summed E-state index contributed by atoms with van der Waals surface area (Å²) < 4.78 is 11.8. The Kier molecular flexibility index (Phi) is 10.4. The van der Waals surface area contributed by atoms with Gasteiger partial charge in [-0.1, -0.05) is 24.1 Å². The van der Waals surface area contributed by atoms with E-state index in [2.05, 4.69) is 11.6 Å². The lowest BCUT2D eigenvalue weighted by molar-refractivity contribution is -0.163.